The Morgan fingerprint density at radius 3 is 2.92 bits per heavy atom. The second-order valence-corrected chi connectivity index (χ2v) is 9.04. The van der Waals surface area contributed by atoms with Crippen molar-refractivity contribution in [2.24, 2.45) is 17.3 Å². The van der Waals surface area contributed by atoms with Crippen molar-refractivity contribution in [2.45, 2.75) is 36.8 Å². The lowest BCUT2D eigenvalue weighted by atomic mass is 9.57. The van der Waals surface area contributed by atoms with Crippen molar-refractivity contribution in [2.75, 3.05) is 32.1 Å². The van der Waals surface area contributed by atoms with Crippen LogP contribution in [-0.4, -0.2) is 49.7 Å². The molecule has 6 unspecified atom stereocenters. The lowest BCUT2D eigenvalue weighted by Gasteiger charge is -2.52. The molecule has 0 aromatic heterocycles. The lowest BCUT2D eigenvalue weighted by Crippen LogP contribution is -2.65. The molecule has 1 saturated heterocycles. The highest BCUT2D eigenvalue weighted by Crippen LogP contribution is 2.80. The molecule has 4 heteroatoms. The van der Waals surface area contributed by atoms with Gasteiger partial charge in [0.05, 0.1) is 18.6 Å². The van der Waals surface area contributed by atoms with Crippen LogP contribution < -0.4 is 4.90 Å². The fraction of sp³-hybridized carbons (Fsp3) is 0.591. The van der Waals surface area contributed by atoms with Gasteiger partial charge >= 0.3 is 5.97 Å². The number of anilines is 1. The summed E-state index contributed by atoms with van der Waals surface area (Å²) in [5, 5.41) is 0. The smallest absolute Gasteiger partial charge is 0.311 e. The number of carbonyl (C=O) groups excluding carboxylic acids is 1. The summed E-state index contributed by atoms with van der Waals surface area (Å²) in [6.45, 7) is 4.58. The number of fused-ring (bicyclic) bond motifs is 1. The summed E-state index contributed by atoms with van der Waals surface area (Å²) in [6, 6.07) is 9.40. The molecule has 1 aromatic rings. The Morgan fingerprint density at radius 2 is 2.12 bits per heavy atom. The zero-order valence-corrected chi connectivity index (χ0v) is 15.7. The van der Waals surface area contributed by atoms with Crippen LogP contribution in [0.25, 0.3) is 0 Å². The molecule has 26 heavy (non-hydrogen) atoms. The number of para-hydroxylation sites is 1. The molecule has 3 heterocycles. The van der Waals surface area contributed by atoms with Crippen LogP contribution in [0.4, 0.5) is 5.69 Å². The van der Waals surface area contributed by atoms with Crippen molar-refractivity contribution in [3.8, 4) is 0 Å². The molecule has 2 bridgehead atoms. The molecule has 2 saturated carbocycles. The third kappa shape index (κ3) is 1.17. The second-order valence-electron chi connectivity index (χ2n) is 9.04. The number of hydrogen-bond acceptors (Lipinski definition) is 4. The molecule has 0 amide bonds. The minimum atomic E-state index is -0.183. The van der Waals surface area contributed by atoms with E-state index in [0.29, 0.717) is 12.0 Å². The zero-order chi connectivity index (χ0) is 17.9. The summed E-state index contributed by atoms with van der Waals surface area (Å²) in [5.41, 5.74) is 2.71. The number of methoxy groups -OCH3 is 1. The van der Waals surface area contributed by atoms with Gasteiger partial charge in [0, 0.05) is 36.2 Å². The highest BCUT2D eigenvalue weighted by molar-refractivity contribution is 5.83. The number of carbonyl (C=O) groups is 1. The predicted octanol–water partition coefficient (Wildman–Crippen LogP) is 2.59. The lowest BCUT2D eigenvalue weighted by molar-refractivity contribution is -0.150. The van der Waals surface area contributed by atoms with Gasteiger partial charge in [-0.15, -0.1) is 0 Å². The van der Waals surface area contributed by atoms with Crippen LogP contribution in [0.1, 0.15) is 25.3 Å². The minimum Gasteiger partial charge on any atom is -0.469 e. The number of ether oxygens (including phenoxy) is 1. The summed E-state index contributed by atoms with van der Waals surface area (Å²) < 4.78 is 5.36. The van der Waals surface area contributed by atoms with Crippen molar-refractivity contribution < 1.29 is 9.53 Å². The van der Waals surface area contributed by atoms with Gasteiger partial charge in [-0.05, 0) is 36.9 Å². The number of esters is 1. The molecule has 6 atom stereocenters. The van der Waals surface area contributed by atoms with E-state index in [-0.39, 0.29) is 28.3 Å². The molecule has 0 radical (unpaired) electrons. The number of hydrogen-bond donors (Lipinski definition) is 0. The van der Waals surface area contributed by atoms with Crippen LogP contribution in [0, 0.1) is 17.3 Å². The van der Waals surface area contributed by atoms with Gasteiger partial charge in [0.15, 0.2) is 0 Å². The number of rotatable bonds is 1. The van der Waals surface area contributed by atoms with E-state index in [1.165, 1.54) is 11.3 Å². The quantitative estimate of drug-likeness (QED) is 0.576. The van der Waals surface area contributed by atoms with Gasteiger partial charge in [0.1, 0.15) is 0 Å². The normalized spacial score (nSPS) is 47.0. The maximum Gasteiger partial charge on any atom is 0.311 e. The van der Waals surface area contributed by atoms with Crippen LogP contribution in [0.3, 0.4) is 0 Å². The van der Waals surface area contributed by atoms with Gasteiger partial charge in [0.2, 0.25) is 0 Å². The molecule has 3 spiro atoms. The summed E-state index contributed by atoms with van der Waals surface area (Å²) in [7, 11) is 3.78. The van der Waals surface area contributed by atoms with Gasteiger partial charge in [0.25, 0.3) is 0 Å². The van der Waals surface area contributed by atoms with Gasteiger partial charge in [-0.2, -0.15) is 0 Å². The summed E-state index contributed by atoms with van der Waals surface area (Å²) in [5.74, 6) is 0.323. The summed E-state index contributed by atoms with van der Waals surface area (Å²) in [4.78, 5) is 18.2. The Kier molecular flexibility index (Phi) is 2.56. The van der Waals surface area contributed by atoms with E-state index in [2.05, 4.69) is 60.2 Å². The largest absolute Gasteiger partial charge is 0.469 e. The zero-order valence-electron chi connectivity index (χ0n) is 15.7. The number of likely N-dealkylation sites (N-methyl/N-ethyl adjacent to an activating group) is 1. The van der Waals surface area contributed by atoms with Crippen molar-refractivity contribution in [3.63, 3.8) is 0 Å². The van der Waals surface area contributed by atoms with Crippen molar-refractivity contribution in [3.05, 3.63) is 42.0 Å². The molecule has 4 nitrogen and oxygen atoms in total. The molecule has 6 rings (SSSR count). The fourth-order valence-corrected chi connectivity index (χ4v) is 8.54. The van der Waals surface area contributed by atoms with Gasteiger partial charge in [-0.25, -0.2) is 0 Å². The van der Waals surface area contributed by atoms with E-state index < -0.39 is 0 Å². The molecular weight excluding hydrogens is 324 g/mol. The first-order chi connectivity index (χ1) is 12.6. The van der Waals surface area contributed by atoms with Gasteiger partial charge in [-0.3, -0.25) is 9.69 Å². The molecule has 3 fully saturated rings. The Morgan fingerprint density at radius 1 is 1.31 bits per heavy atom. The third-order valence-corrected chi connectivity index (χ3v) is 8.96. The minimum absolute atomic E-state index is 0.0244. The average molecular weight is 350 g/mol. The van der Waals surface area contributed by atoms with Crippen molar-refractivity contribution >= 4 is 11.7 Å². The van der Waals surface area contributed by atoms with E-state index in [4.69, 9.17) is 4.74 Å². The molecule has 2 aliphatic carbocycles. The standard InChI is InChI=1S/C22H26N2O2/c1-14-20-9-6-11-24-12-10-21(19(20)24)15-7-4-5-8-17(15)23(2)22(14,21)16(13-20)18(25)26-3/h4-9,14,16,19H,10-13H2,1-3H3. The maximum absolute atomic E-state index is 13.0. The van der Waals surface area contributed by atoms with Crippen LogP contribution >= 0.6 is 0 Å². The SMILES string of the molecule is COC(=O)C1CC23C=CCN4CCC5(c6ccccc6N(C)C15C2C)C43. The first-order valence-electron chi connectivity index (χ1n) is 9.88. The third-order valence-electron chi connectivity index (χ3n) is 8.96. The molecule has 5 aliphatic rings. The maximum atomic E-state index is 13.0. The van der Waals surface area contributed by atoms with E-state index in [1.807, 2.05) is 0 Å². The van der Waals surface area contributed by atoms with E-state index >= 15 is 0 Å². The monoisotopic (exact) mass is 350 g/mol. The Hall–Kier alpha value is -1.81. The van der Waals surface area contributed by atoms with Crippen LogP contribution in [-0.2, 0) is 14.9 Å². The predicted molar refractivity (Wildman–Crippen MR) is 100 cm³/mol. The van der Waals surface area contributed by atoms with E-state index in [9.17, 15) is 4.79 Å². The first-order valence-corrected chi connectivity index (χ1v) is 9.88. The first kappa shape index (κ1) is 15.3. The van der Waals surface area contributed by atoms with Gasteiger partial charge < -0.3 is 9.64 Å². The van der Waals surface area contributed by atoms with Crippen LogP contribution in [0.2, 0.25) is 0 Å². The molecule has 1 aromatic carbocycles. The van der Waals surface area contributed by atoms with Crippen LogP contribution in [0.5, 0.6) is 0 Å². The topological polar surface area (TPSA) is 32.8 Å². The molecule has 136 valence electrons. The van der Waals surface area contributed by atoms with Crippen molar-refractivity contribution in [1.29, 1.82) is 0 Å². The van der Waals surface area contributed by atoms with E-state index in [0.717, 1.165) is 25.9 Å². The van der Waals surface area contributed by atoms with Gasteiger partial charge in [-0.1, -0.05) is 37.3 Å². The number of nitrogens with zero attached hydrogens (tertiary/aromatic N) is 2. The summed E-state index contributed by atoms with van der Waals surface area (Å²) >= 11 is 0. The van der Waals surface area contributed by atoms with E-state index in [1.54, 1.807) is 7.11 Å². The summed E-state index contributed by atoms with van der Waals surface area (Å²) in [6.07, 6.45) is 6.89. The average Bonchev–Trinajstić information content (AvgIpc) is 3.31. The molecular formula is C22H26N2O2. The number of benzene rings is 1. The molecule has 3 aliphatic heterocycles. The van der Waals surface area contributed by atoms with Crippen LogP contribution in [0.15, 0.2) is 36.4 Å². The highest BCUT2D eigenvalue weighted by atomic mass is 16.5. The second kappa shape index (κ2) is 4.36. The Balaban J connectivity index is 1.73. The highest BCUT2D eigenvalue weighted by Gasteiger charge is 2.87. The Bertz CT molecular complexity index is 865. The van der Waals surface area contributed by atoms with Crippen molar-refractivity contribution in [1.82, 2.24) is 4.90 Å². The Labute approximate surface area is 154 Å². The fourth-order valence-electron chi connectivity index (χ4n) is 8.54. The molecule has 0 N–H and O–H groups in total.